The van der Waals surface area contributed by atoms with Gasteiger partial charge in [0.15, 0.2) is 17.1 Å². The normalized spacial score (nSPS) is 11.2. The lowest BCUT2D eigenvalue weighted by Crippen LogP contribution is -1.98. The summed E-state index contributed by atoms with van der Waals surface area (Å²) in [6.45, 7) is 2.00. The number of nitro benzene ring substituents is 1. The number of nitrogens with one attached hydrogen (secondary N) is 1. The van der Waals surface area contributed by atoms with Crippen molar-refractivity contribution in [3.8, 4) is 17.1 Å². The number of aryl methyl sites for hydroxylation is 1. The molecule has 10 heteroatoms. The average Bonchev–Trinajstić information content (AvgIpc) is 3.38. The van der Waals surface area contributed by atoms with Gasteiger partial charge in [0.2, 0.25) is 0 Å². The van der Waals surface area contributed by atoms with Crippen molar-refractivity contribution >= 4 is 22.4 Å². The zero-order valence-corrected chi connectivity index (χ0v) is 15.8. The molecule has 10 nitrogen and oxygen atoms in total. The van der Waals surface area contributed by atoms with Crippen molar-refractivity contribution in [1.29, 1.82) is 0 Å². The number of hydrogen-bond acceptors (Lipinski definition) is 7. The molecule has 0 aliphatic heterocycles. The van der Waals surface area contributed by atoms with Crippen molar-refractivity contribution < 1.29 is 9.66 Å². The van der Waals surface area contributed by atoms with Gasteiger partial charge in [0.1, 0.15) is 18.7 Å². The van der Waals surface area contributed by atoms with Gasteiger partial charge in [-0.1, -0.05) is 18.2 Å². The SMILES string of the molecule is Cc1cc(OCc2cccc(-c3nc4c5cn[nH]c5ncn4n3)c2)ccc1[N+](=O)[O-]. The summed E-state index contributed by atoms with van der Waals surface area (Å²) in [7, 11) is 0. The van der Waals surface area contributed by atoms with Crippen molar-refractivity contribution in [3.63, 3.8) is 0 Å². The van der Waals surface area contributed by atoms with Crippen molar-refractivity contribution in [2.24, 2.45) is 0 Å². The average molecular weight is 401 g/mol. The van der Waals surface area contributed by atoms with Crippen molar-refractivity contribution in [3.05, 3.63) is 76.2 Å². The van der Waals surface area contributed by atoms with Gasteiger partial charge < -0.3 is 4.74 Å². The minimum absolute atomic E-state index is 0.0727. The number of rotatable bonds is 5. The molecule has 0 saturated carbocycles. The summed E-state index contributed by atoms with van der Waals surface area (Å²) in [5.41, 5.74) is 3.72. The highest BCUT2D eigenvalue weighted by Crippen LogP contribution is 2.25. The van der Waals surface area contributed by atoms with E-state index in [4.69, 9.17) is 4.74 Å². The maximum atomic E-state index is 10.9. The van der Waals surface area contributed by atoms with Gasteiger partial charge in [-0.3, -0.25) is 15.2 Å². The summed E-state index contributed by atoms with van der Waals surface area (Å²) in [6, 6.07) is 12.4. The Morgan fingerprint density at radius 2 is 2.13 bits per heavy atom. The van der Waals surface area contributed by atoms with E-state index in [9.17, 15) is 10.1 Å². The summed E-state index contributed by atoms with van der Waals surface area (Å²) < 4.78 is 7.43. The molecule has 0 saturated heterocycles. The van der Waals surface area contributed by atoms with Crippen LogP contribution < -0.4 is 4.74 Å². The molecule has 3 aromatic heterocycles. The van der Waals surface area contributed by atoms with Crippen LogP contribution in [0.5, 0.6) is 5.75 Å². The Morgan fingerprint density at radius 3 is 2.97 bits per heavy atom. The number of fused-ring (bicyclic) bond motifs is 3. The molecule has 5 aromatic rings. The Kier molecular flexibility index (Phi) is 4.09. The highest BCUT2D eigenvalue weighted by atomic mass is 16.6. The van der Waals surface area contributed by atoms with Crippen LogP contribution in [0, 0.1) is 17.0 Å². The standard InChI is InChI=1S/C20H15N7O3/c1-12-7-15(5-6-17(12)27(28)29)30-10-13-3-2-4-14(8-13)18-23-20-16-9-22-24-19(16)21-11-26(20)25-18/h2-9,11H,10H2,1H3,(H,22,24). The van der Waals surface area contributed by atoms with Crippen LogP contribution in [0.2, 0.25) is 0 Å². The first-order chi connectivity index (χ1) is 14.6. The summed E-state index contributed by atoms with van der Waals surface area (Å²) >= 11 is 0. The highest BCUT2D eigenvalue weighted by molar-refractivity contribution is 5.88. The third-order valence-electron chi connectivity index (χ3n) is 4.74. The minimum atomic E-state index is -0.406. The molecule has 1 N–H and O–H groups in total. The molecule has 0 fully saturated rings. The molecule has 0 spiro atoms. The Hall–Kier alpha value is -4.34. The maximum absolute atomic E-state index is 10.9. The molecule has 148 valence electrons. The van der Waals surface area contributed by atoms with E-state index in [0.29, 0.717) is 35.0 Å². The summed E-state index contributed by atoms with van der Waals surface area (Å²) in [5, 5.41) is 23.1. The van der Waals surface area contributed by atoms with Gasteiger partial charge in [-0.15, -0.1) is 5.10 Å². The lowest BCUT2D eigenvalue weighted by atomic mass is 10.1. The van der Waals surface area contributed by atoms with Crippen LogP contribution in [0.15, 0.2) is 55.0 Å². The van der Waals surface area contributed by atoms with E-state index >= 15 is 0 Å². The van der Waals surface area contributed by atoms with E-state index in [1.807, 2.05) is 24.3 Å². The number of benzene rings is 2. The smallest absolute Gasteiger partial charge is 0.272 e. The molecule has 0 amide bonds. The van der Waals surface area contributed by atoms with Gasteiger partial charge in [0, 0.05) is 17.2 Å². The van der Waals surface area contributed by atoms with Crippen LogP contribution in [0.1, 0.15) is 11.1 Å². The number of aromatic amines is 1. The third-order valence-corrected chi connectivity index (χ3v) is 4.74. The van der Waals surface area contributed by atoms with E-state index in [1.165, 1.54) is 6.07 Å². The monoisotopic (exact) mass is 401 g/mol. The molecular formula is C20H15N7O3. The zero-order valence-electron chi connectivity index (χ0n) is 15.8. The van der Waals surface area contributed by atoms with Crippen LogP contribution in [-0.4, -0.2) is 34.7 Å². The van der Waals surface area contributed by atoms with Crippen LogP contribution in [0.4, 0.5) is 5.69 Å². The van der Waals surface area contributed by atoms with Crippen LogP contribution in [-0.2, 0) is 6.61 Å². The molecule has 5 rings (SSSR count). The number of hydrogen-bond donors (Lipinski definition) is 1. The van der Waals surface area contributed by atoms with Crippen LogP contribution >= 0.6 is 0 Å². The number of ether oxygens (including phenoxy) is 1. The van der Waals surface area contributed by atoms with Crippen molar-refractivity contribution in [2.45, 2.75) is 13.5 Å². The Labute approximate surface area is 169 Å². The first-order valence-corrected chi connectivity index (χ1v) is 9.10. The zero-order chi connectivity index (χ0) is 20.7. The van der Waals surface area contributed by atoms with Gasteiger partial charge in [-0.2, -0.15) is 5.10 Å². The second-order valence-corrected chi connectivity index (χ2v) is 6.77. The fourth-order valence-electron chi connectivity index (χ4n) is 3.25. The predicted octanol–water partition coefficient (Wildman–Crippen LogP) is 3.46. The van der Waals surface area contributed by atoms with Crippen LogP contribution in [0.3, 0.4) is 0 Å². The highest BCUT2D eigenvalue weighted by Gasteiger charge is 2.13. The van der Waals surface area contributed by atoms with Gasteiger partial charge in [-0.05, 0) is 30.7 Å². The number of nitrogens with zero attached hydrogens (tertiary/aromatic N) is 6. The molecule has 30 heavy (non-hydrogen) atoms. The topological polar surface area (TPSA) is 124 Å². The van der Waals surface area contributed by atoms with E-state index in [0.717, 1.165) is 16.5 Å². The minimum Gasteiger partial charge on any atom is -0.489 e. The Morgan fingerprint density at radius 1 is 1.23 bits per heavy atom. The molecule has 0 aliphatic rings. The number of nitro groups is 1. The largest absolute Gasteiger partial charge is 0.489 e. The van der Waals surface area contributed by atoms with Gasteiger partial charge in [0.25, 0.3) is 5.69 Å². The Bertz CT molecular complexity index is 1410. The lowest BCUT2D eigenvalue weighted by Gasteiger charge is -2.08. The molecule has 0 unspecified atom stereocenters. The molecule has 0 bridgehead atoms. The fourth-order valence-corrected chi connectivity index (χ4v) is 3.25. The molecule has 2 aromatic carbocycles. The second kappa shape index (κ2) is 6.92. The number of H-pyrrole nitrogens is 1. The first kappa shape index (κ1) is 17.7. The summed E-state index contributed by atoms with van der Waals surface area (Å²) in [4.78, 5) is 19.4. The second-order valence-electron chi connectivity index (χ2n) is 6.77. The summed E-state index contributed by atoms with van der Waals surface area (Å²) in [6.07, 6.45) is 3.27. The number of aromatic nitrogens is 6. The first-order valence-electron chi connectivity index (χ1n) is 9.10. The maximum Gasteiger partial charge on any atom is 0.272 e. The quantitative estimate of drug-likeness (QED) is 0.353. The molecule has 0 atom stereocenters. The van der Waals surface area contributed by atoms with Gasteiger partial charge in [0.05, 0.1) is 16.5 Å². The van der Waals surface area contributed by atoms with E-state index in [1.54, 1.807) is 36.1 Å². The van der Waals surface area contributed by atoms with E-state index in [2.05, 4.69) is 25.3 Å². The molecule has 0 radical (unpaired) electrons. The predicted molar refractivity (Wildman–Crippen MR) is 108 cm³/mol. The van der Waals surface area contributed by atoms with Gasteiger partial charge in [-0.25, -0.2) is 14.5 Å². The fraction of sp³-hybridized carbons (Fsp3) is 0.100. The van der Waals surface area contributed by atoms with E-state index < -0.39 is 4.92 Å². The van der Waals surface area contributed by atoms with E-state index in [-0.39, 0.29) is 5.69 Å². The molecular weight excluding hydrogens is 386 g/mol. The van der Waals surface area contributed by atoms with Crippen LogP contribution in [0.25, 0.3) is 28.1 Å². The van der Waals surface area contributed by atoms with Gasteiger partial charge >= 0.3 is 0 Å². The van der Waals surface area contributed by atoms with Crippen molar-refractivity contribution in [2.75, 3.05) is 0 Å². The molecule has 3 heterocycles. The molecule has 0 aliphatic carbocycles. The van der Waals surface area contributed by atoms with Crippen molar-refractivity contribution in [1.82, 2.24) is 29.8 Å². The lowest BCUT2D eigenvalue weighted by molar-refractivity contribution is -0.385. The Balaban J connectivity index is 1.40. The third kappa shape index (κ3) is 3.09. The summed E-state index contributed by atoms with van der Waals surface area (Å²) in [5.74, 6) is 1.14.